The third-order valence-corrected chi connectivity index (χ3v) is 5.54. The molecule has 7 nitrogen and oxygen atoms in total. The summed E-state index contributed by atoms with van der Waals surface area (Å²) in [6, 6.07) is 8.85. The molecule has 28 heavy (non-hydrogen) atoms. The Hall–Kier alpha value is -2.67. The lowest BCUT2D eigenvalue weighted by Crippen LogP contribution is -2.54. The summed E-state index contributed by atoms with van der Waals surface area (Å²) in [5, 5.41) is 1.26. The van der Waals surface area contributed by atoms with Gasteiger partial charge in [-0.25, -0.2) is 4.98 Å². The number of likely N-dealkylation sites (tertiary alicyclic amines) is 1. The van der Waals surface area contributed by atoms with Crippen molar-refractivity contribution in [3.8, 4) is 0 Å². The standard InChI is InChI=1S/C20H21ClN4O3/c21-17-6-4-14-13-15(3-5-16(14)22-17)18(26)24-9-11-25(12-10-24)20(28)19(27)23-7-1-2-8-23/h3-6,13H,1-2,7-12H2. The summed E-state index contributed by atoms with van der Waals surface area (Å²) < 4.78 is 0. The molecule has 4 rings (SSSR count). The minimum absolute atomic E-state index is 0.0881. The lowest BCUT2D eigenvalue weighted by molar-refractivity contribution is -0.152. The predicted molar refractivity (Wildman–Crippen MR) is 105 cm³/mol. The van der Waals surface area contributed by atoms with E-state index in [0.717, 1.165) is 23.7 Å². The van der Waals surface area contributed by atoms with Gasteiger partial charge in [0.05, 0.1) is 5.52 Å². The van der Waals surface area contributed by atoms with Crippen LogP contribution < -0.4 is 0 Å². The Balaban J connectivity index is 1.39. The number of halogens is 1. The van der Waals surface area contributed by atoms with Crippen LogP contribution in [0.15, 0.2) is 30.3 Å². The quantitative estimate of drug-likeness (QED) is 0.540. The van der Waals surface area contributed by atoms with Gasteiger partial charge in [-0.05, 0) is 43.2 Å². The van der Waals surface area contributed by atoms with Crippen molar-refractivity contribution in [3.63, 3.8) is 0 Å². The summed E-state index contributed by atoms with van der Waals surface area (Å²) in [5.74, 6) is -0.963. The number of benzene rings is 1. The van der Waals surface area contributed by atoms with E-state index in [4.69, 9.17) is 11.6 Å². The average molecular weight is 401 g/mol. The van der Waals surface area contributed by atoms with Crippen molar-refractivity contribution >= 4 is 40.2 Å². The van der Waals surface area contributed by atoms with E-state index < -0.39 is 11.8 Å². The Morgan fingerprint density at radius 3 is 2.07 bits per heavy atom. The van der Waals surface area contributed by atoms with Crippen LogP contribution in [0.1, 0.15) is 23.2 Å². The van der Waals surface area contributed by atoms with E-state index in [0.29, 0.717) is 50.0 Å². The van der Waals surface area contributed by atoms with Crippen LogP contribution in [0.25, 0.3) is 10.9 Å². The van der Waals surface area contributed by atoms with Crippen molar-refractivity contribution in [1.29, 1.82) is 0 Å². The maximum absolute atomic E-state index is 12.8. The van der Waals surface area contributed by atoms with Crippen LogP contribution in [-0.4, -0.2) is 76.7 Å². The first-order valence-electron chi connectivity index (χ1n) is 9.47. The molecule has 2 aliphatic rings. The van der Waals surface area contributed by atoms with Gasteiger partial charge in [0.15, 0.2) is 0 Å². The molecule has 2 aromatic rings. The molecular formula is C20H21ClN4O3. The monoisotopic (exact) mass is 400 g/mol. The Morgan fingerprint density at radius 2 is 1.39 bits per heavy atom. The van der Waals surface area contributed by atoms with Gasteiger partial charge in [-0.1, -0.05) is 11.6 Å². The molecule has 0 spiro atoms. The van der Waals surface area contributed by atoms with Crippen LogP contribution in [0, 0.1) is 0 Å². The van der Waals surface area contributed by atoms with Gasteiger partial charge in [0, 0.05) is 50.2 Å². The zero-order valence-corrected chi connectivity index (χ0v) is 16.2. The summed E-state index contributed by atoms with van der Waals surface area (Å²) in [6.07, 6.45) is 1.91. The van der Waals surface area contributed by atoms with Crippen LogP contribution in [0.2, 0.25) is 5.15 Å². The fourth-order valence-electron chi connectivity index (χ4n) is 3.72. The molecule has 0 bridgehead atoms. The zero-order chi connectivity index (χ0) is 19.7. The second kappa shape index (κ2) is 7.75. The molecule has 2 aliphatic heterocycles. The molecule has 146 valence electrons. The minimum atomic E-state index is -0.456. The predicted octanol–water partition coefficient (Wildman–Crippen LogP) is 1.79. The van der Waals surface area contributed by atoms with Crippen LogP contribution in [0.3, 0.4) is 0 Å². The number of hydrogen-bond acceptors (Lipinski definition) is 4. The highest BCUT2D eigenvalue weighted by Crippen LogP contribution is 2.19. The SMILES string of the molecule is O=C(C(=O)N1CCN(C(=O)c2ccc3nc(Cl)ccc3c2)CC1)N1CCCC1. The normalized spacial score (nSPS) is 17.2. The third-order valence-electron chi connectivity index (χ3n) is 5.33. The topological polar surface area (TPSA) is 73.8 Å². The van der Waals surface area contributed by atoms with Crippen LogP contribution in [0.4, 0.5) is 0 Å². The number of fused-ring (bicyclic) bond motifs is 1. The van der Waals surface area contributed by atoms with E-state index in [9.17, 15) is 14.4 Å². The molecule has 0 atom stereocenters. The summed E-state index contributed by atoms with van der Waals surface area (Å²) in [7, 11) is 0. The maximum Gasteiger partial charge on any atom is 0.312 e. The van der Waals surface area contributed by atoms with Gasteiger partial charge in [-0.2, -0.15) is 0 Å². The second-order valence-electron chi connectivity index (χ2n) is 7.13. The molecule has 0 radical (unpaired) electrons. The van der Waals surface area contributed by atoms with Crippen molar-refractivity contribution in [2.45, 2.75) is 12.8 Å². The lowest BCUT2D eigenvalue weighted by Gasteiger charge is -2.35. The van der Waals surface area contributed by atoms with E-state index in [-0.39, 0.29) is 5.91 Å². The number of nitrogens with zero attached hydrogens (tertiary/aromatic N) is 4. The molecule has 3 amide bonds. The molecule has 8 heteroatoms. The fourth-order valence-corrected chi connectivity index (χ4v) is 3.87. The Kier molecular flexibility index (Phi) is 5.17. The van der Waals surface area contributed by atoms with Gasteiger partial charge in [0.1, 0.15) is 5.15 Å². The van der Waals surface area contributed by atoms with Gasteiger partial charge in [-0.3, -0.25) is 14.4 Å². The summed E-state index contributed by atoms with van der Waals surface area (Å²) in [6.45, 7) is 2.88. The smallest absolute Gasteiger partial charge is 0.312 e. The number of carbonyl (C=O) groups is 3. The van der Waals surface area contributed by atoms with Gasteiger partial charge >= 0.3 is 11.8 Å². The van der Waals surface area contributed by atoms with Crippen molar-refractivity contribution in [3.05, 3.63) is 41.0 Å². The molecule has 0 unspecified atom stereocenters. The van der Waals surface area contributed by atoms with E-state index in [2.05, 4.69) is 4.98 Å². The fraction of sp³-hybridized carbons (Fsp3) is 0.400. The van der Waals surface area contributed by atoms with Crippen molar-refractivity contribution in [2.75, 3.05) is 39.3 Å². The highest BCUT2D eigenvalue weighted by atomic mass is 35.5. The number of amides is 3. The van der Waals surface area contributed by atoms with Crippen molar-refractivity contribution < 1.29 is 14.4 Å². The highest BCUT2D eigenvalue weighted by Gasteiger charge is 2.31. The van der Waals surface area contributed by atoms with Crippen molar-refractivity contribution in [2.24, 2.45) is 0 Å². The number of rotatable bonds is 1. The van der Waals surface area contributed by atoms with Gasteiger partial charge in [-0.15, -0.1) is 0 Å². The largest absolute Gasteiger partial charge is 0.335 e. The average Bonchev–Trinajstić information content (AvgIpc) is 3.27. The third kappa shape index (κ3) is 3.67. The number of pyridine rings is 1. The van der Waals surface area contributed by atoms with Gasteiger partial charge in [0.25, 0.3) is 5.91 Å². The minimum Gasteiger partial charge on any atom is -0.335 e. The molecule has 2 saturated heterocycles. The van der Waals surface area contributed by atoms with E-state index in [1.54, 1.807) is 39.0 Å². The van der Waals surface area contributed by atoms with Crippen LogP contribution in [0.5, 0.6) is 0 Å². The summed E-state index contributed by atoms with van der Waals surface area (Å²) in [5.41, 5.74) is 1.31. The van der Waals surface area contributed by atoms with Gasteiger partial charge < -0.3 is 14.7 Å². The van der Waals surface area contributed by atoms with Crippen LogP contribution >= 0.6 is 11.6 Å². The van der Waals surface area contributed by atoms with Gasteiger partial charge in [0.2, 0.25) is 0 Å². The number of carbonyl (C=O) groups excluding carboxylic acids is 3. The molecule has 3 heterocycles. The Bertz CT molecular complexity index is 934. The summed E-state index contributed by atoms with van der Waals surface area (Å²) >= 11 is 5.90. The molecule has 0 saturated carbocycles. The van der Waals surface area contributed by atoms with E-state index >= 15 is 0 Å². The zero-order valence-electron chi connectivity index (χ0n) is 15.4. The molecule has 1 aromatic carbocycles. The molecule has 0 N–H and O–H groups in total. The lowest BCUT2D eigenvalue weighted by atomic mass is 10.1. The molecule has 1 aromatic heterocycles. The van der Waals surface area contributed by atoms with Crippen LogP contribution in [-0.2, 0) is 9.59 Å². The first-order chi connectivity index (χ1) is 13.5. The van der Waals surface area contributed by atoms with E-state index in [1.807, 2.05) is 6.07 Å². The Labute approximate surface area is 167 Å². The Morgan fingerprint density at radius 1 is 0.786 bits per heavy atom. The molecular weight excluding hydrogens is 380 g/mol. The molecule has 0 aliphatic carbocycles. The number of piperazine rings is 1. The first kappa shape index (κ1) is 18.7. The second-order valence-corrected chi connectivity index (χ2v) is 7.51. The van der Waals surface area contributed by atoms with E-state index in [1.165, 1.54) is 0 Å². The van der Waals surface area contributed by atoms with Crippen molar-refractivity contribution in [1.82, 2.24) is 19.7 Å². The molecule has 2 fully saturated rings. The first-order valence-corrected chi connectivity index (χ1v) is 9.84. The maximum atomic E-state index is 12.8. The number of hydrogen-bond donors (Lipinski definition) is 0. The number of aromatic nitrogens is 1. The highest BCUT2D eigenvalue weighted by molar-refractivity contribution is 6.35. The summed E-state index contributed by atoms with van der Waals surface area (Å²) in [4.78, 5) is 46.6.